The summed E-state index contributed by atoms with van der Waals surface area (Å²) >= 11 is 3.09. The van der Waals surface area contributed by atoms with Gasteiger partial charge in [0, 0.05) is 6.08 Å². The van der Waals surface area contributed by atoms with Crippen LogP contribution < -0.4 is 0 Å². The second-order valence-electron chi connectivity index (χ2n) is 2.14. The molecule has 66 valence electrons. The molecule has 12 heavy (non-hydrogen) atoms. The van der Waals surface area contributed by atoms with Crippen molar-refractivity contribution in [2.45, 2.75) is 13.3 Å². The number of carbonyl (C=O) groups excluding carboxylic acids is 1. The second-order valence-corrected chi connectivity index (χ2v) is 4.29. The van der Waals surface area contributed by atoms with Gasteiger partial charge in [-0.15, -0.1) is 0 Å². The molecule has 0 atom stereocenters. The van der Waals surface area contributed by atoms with E-state index >= 15 is 0 Å². The van der Waals surface area contributed by atoms with Gasteiger partial charge in [0.25, 0.3) is 0 Å². The standard InChI is InChI=1S/C8H10O2S2/c1-2-3-10-7(9)6-8-11-4-5-12-8/h4-6H,2-3H2,1H3. The van der Waals surface area contributed by atoms with Crippen LogP contribution in [0.25, 0.3) is 0 Å². The average Bonchev–Trinajstić information content (AvgIpc) is 2.53. The van der Waals surface area contributed by atoms with Gasteiger partial charge in [-0.1, -0.05) is 30.4 Å². The molecule has 0 aromatic rings. The van der Waals surface area contributed by atoms with Crippen molar-refractivity contribution in [2.75, 3.05) is 6.61 Å². The Morgan fingerprint density at radius 2 is 2.25 bits per heavy atom. The SMILES string of the molecule is CCCOC(=O)C=C1SC=CS1. The molecule has 1 aliphatic heterocycles. The number of hydrogen-bond acceptors (Lipinski definition) is 4. The zero-order valence-electron chi connectivity index (χ0n) is 6.78. The molecule has 0 aromatic heterocycles. The van der Waals surface area contributed by atoms with Crippen molar-refractivity contribution in [3.8, 4) is 0 Å². The van der Waals surface area contributed by atoms with Crippen LogP contribution in [0.5, 0.6) is 0 Å². The Balaban J connectivity index is 2.29. The number of ether oxygens (including phenoxy) is 1. The highest BCUT2D eigenvalue weighted by Gasteiger charge is 2.05. The predicted molar refractivity (Wildman–Crippen MR) is 53.7 cm³/mol. The average molecular weight is 202 g/mol. The Labute approximate surface area is 80.4 Å². The molecule has 1 aliphatic rings. The highest BCUT2D eigenvalue weighted by atomic mass is 32.2. The van der Waals surface area contributed by atoms with Crippen molar-refractivity contribution in [1.82, 2.24) is 0 Å². The van der Waals surface area contributed by atoms with E-state index in [4.69, 9.17) is 4.74 Å². The highest BCUT2D eigenvalue weighted by molar-refractivity contribution is 8.27. The van der Waals surface area contributed by atoms with E-state index in [1.54, 1.807) is 23.5 Å². The van der Waals surface area contributed by atoms with E-state index in [0.29, 0.717) is 6.61 Å². The van der Waals surface area contributed by atoms with Gasteiger partial charge >= 0.3 is 5.97 Å². The van der Waals surface area contributed by atoms with Gasteiger partial charge in [-0.3, -0.25) is 0 Å². The Bertz CT molecular complexity index is 211. The minimum atomic E-state index is -0.240. The summed E-state index contributed by atoms with van der Waals surface area (Å²) in [4.78, 5) is 11.0. The van der Waals surface area contributed by atoms with Gasteiger partial charge in [0.15, 0.2) is 0 Å². The van der Waals surface area contributed by atoms with E-state index in [0.717, 1.165) is 10.7 Å². The second kappa shape index (κ2) is 5.32. The smallest absolute Gasteiger partial charge is 0.332 e. The van der Waals surface area contributed by atoms with Crippen LogP contribution >= 0.6 is 23.5 Å². The molecule has 0 spiro atoms. The lowest BCUT2D eigenvalue weighted by molar-refractivity contribution is -0.137. The third-order valence-electron chi connectivity index (χ3n) is 1.11. The van der Waals surface area contributed by atoms with E-state index in [1.807, 2.05) is 17.7 Å². The van der Waals surface area contributed by atoms with Crippen LogP contribution in [0.1, 0.15) is 13.3 Å². The Kier molecular flexibility index (Phi) is 4.32. The van der Waals surface area contributed by atoms with E-state index in [1.165, 1.54) is 6.08 Å². The molecule has 0 saturated heterocycles. The third-order valence-corrected chi connectivity index (χ3v) is 3.10. The molecule has 0 bridgehead atoms. The molecule has 0 aliphatic carbocycles. The van der Waals surface area contributed by atoms with Crippen LogP contribution in [0.15, 0.2) is 21.1 Å². The quantitative estimate of drug-likeness (QED) is 0.519. The fourth-order valence-corrected chi connectivity index (χ4v) is 2.22. The lowest BCUT2D eigenvalue weighted by Gasteiger charge is -1.98. The van der Waals surface area contributed by atoms with Crippen molar-refractivity contribution in [3.63, 3.8) is 0 Å². The normalized spacial score (nSPS) is 14.9. The van der Waals surface area contributed by atoms with Gasteiger partial charge in [0.2, 0.25) is 0 Å². The van der Waals surface area contributed by atoms with Crippen LogP contribution in [-0.2, 0) is 9.53 Å². The van der Waals surface area contributed by atoms with Crippen molar-refractivity contribution >= 4 is 29.5 Å². The van der Waals surface area contributed by atoms with E-state index in [9.17, 15) is 4.79 Å². The molecule has 0 unspecified atom stereocenters. The van der Waals surface area contributed by atoms with Gasteiger partial charge in [0.1, 0.15) is 0 Å². The van der Waals surface area contributed by atoms with Crippen LogP contribution in [0.4, 0.5) is 0 Å². The minimum absolute atomic E-state index is 0.240. The predicted octanol–water partition coefficient (Wildman–Crippen LogP) is 2.73. The Hall–Kier alpha value is -0.350. The van der Waals surface area contributed by atoms with Gasteiger partial charge < -0.3 is 4.74 Å². The summed E-state index contributed by atoms with van der Waals surface area (Å²) < 4.78 is 5.87. The molecular weight excluding hydrogens is 192 g/mol. The number of esters is 1. The van der Waals surface area contributed by atoms with Gasteiger partial charge in [-0.2, -0.15) is 0 Å². The summed E-state index contributed by atoms with van der Waals surface area (Å²) in [6, 6.07) is 0. The Morgan fingerprint density at radius 1 is 1.58 bits per heavy atom. The largest absolute Gasteiger partial charge is 0.462 e. The molecule has 0 N–H and O–H groups in total. The van der Waals surface area contributed by atoms with Crippen molar-refractivity contribution in [2.24, 2.45) is 0 Å². The molecule has 0 saturated carbocycles. The maximum atomic E-state index is 11.0. The fourth-order valence-electron chi connectivity index (χ4n) is 0.626. The van der Waals surface area contributed by atoms with Crippen LogP contribution in [-0.4, -0.2) is 12.6 Å². The number of carbonyl (C=O) groups is 1. The molecule has 0 radical (unpaired) electrons. The minimum Gasteiger partial charge on any atom is -0.462 e. The monoisotopic (exact) mass is 202 g/mol. The molecular formula is C8H10O2S2. The molecule has 4 heteroatoms. The summed E-state index contributed by atoms with van der Waals surface area (Å²) in [5.41, 5.74) is 0. The summed E-state index contributed by atoms with van der Waals surface area (Å²) in [7, 11) is 0. The first kappa shape index (κ1) is 9.74. The summed E-state index contributed by atoms with van der Waals surface area (Å²) in [5.74, 6) is -0.240. The zero-order valence-corrected chi connectivity index (χ0v) is 8.41. The lowest BCUT2D eigenvalue weighted by atomic mass is 10.5. The van der Waals surface area contributed by atoms with E-state index in [-0.39, 0.29) is 5.97 Å². The molecule has 0 aromatic carbocycles. The molecule has 0 amide bonds. The highest BCUT2D eigenvalue weighted by Crippen LogP contribution is 2.37. The lowest BCUT2D eigenvalue weighted by Crippen LogP contribution is -2.01. The maximum absolute atomic E-state index is 11.0. The number of rotatable bonds is 3. The topological polar surface area (TPSA) is 26.3 Å². The maximum Gasteiger partial charge on any atom is 0.332 e. The van der Waals surface area contributed by atoms with Gasteiger partial charge in [0.05, 0.1) is 10.8 Å². The Morgan fingerprint density at radius 3 is 2.83 bits per heavy atom. The molecule has 2 nitrogen and oxygen atoms in total. The van der Waals surface area contributed by atoms with E-state index in [2.05, 4.69) is 0 Å². The van der Waals surface area contributed by atoms with Gasteiger partial charge in [-0.05, 0) is 17.2 Å². The van der Waals surface area contributed by atoms with Crippen LogP contribution in [0.2, 0.25) is 0 Å². The summed E-state index contributed by atoms with van der Waals surface area (Å²) in [6.45, 7) is 2.48. The summed E-state index contributed by atoms with van der Waals surface area (Å²) in [5, 5.41) is 3.90. The van der Waals surface area contributed by atoms with Crippen molar-refractivity contribution in [3.05, 3.63) is 21.1 Å². The molecule has 0 fully saturated rings. The molecule has 1 heterocycles. The van der Waals surface area contributed by atoms with Gasteiger partial charge in [-0.25, -0.2) is 4.79 Å². The van der Waals surface area contributed by atoms with Crippen molar-refractivity contribution in [1.29, 1.82) is 0 Å². The first-order valence-electron chi connectivity index (χ1n) is 3.69. The van der Waals surface area contributed by atoms with Crippen LogP contribution in [0.3, 0.4) is 0 Å². The summed E-state index contributed by atoms with van der Waals surface area (Å²) in [6.07, 6.45) is 2.40. The first-order chi connectivity index (χ1) is 5.83. The number of hydrogen-bond donors (Lipinski definition) is 0. The zero-order chi connectivity index (χ0) is 8.81. The third kappa shape index (κ3) is 3.36. The van der Waals surface area contributed by atoms with Crippen molar-refractivity contribution < 1.29 is 9.53 Å². The molecule has 1 rings (SSSR count). The van der Waals surface area contributed by atoms with E-state index < -0.39 is 0 Å². The first-order valence-corrected chi connectivity index (χ1v) is 5.45. The van der Waals surface area contributed by atoms with Crippen LogP contribution in [0, 0.1) is 0 Å². The fraction of sp³-hybridized carbons (Fsp3) is 0.375. The number of thioether (sulfide) groups is 2.